The number of benzene rings is 2. The molecule has 0 saturated heterocycles. The Labute approximate surface area is 197 Å². The van der Waals surface area contributed by atoms with Crippen molar-refractivity contribution in [3.8, 4) is 28.6 Å². The number of aromatic nitrogens is 2. The minimum atomic E-state index is -0.476. The second-order valence-corrected chi connectivity index (χ2v) is 8.65. The summed E-state index contributed by atoms with van der Waals surface area (Å²) >= 11 is 0. The summed E-state index contributed by atoms with van der Waals surface area (Å²) in [6.45, 7) is 6.80. The molecule has 5 rings (SSSR count). The summed E-state index contributed by atoms with van der Waals surface area (Å²) in [4.78, 5) is 19.5. The van der Waals surface area contributed by atoms with Crippen LogP contribution in [-0.4, -0.2) is 41.5 Å². The molecule has 0 radical (unpaired) electrons. The highest BCUT2D eigenvalue weighted by molar-refractivity contribution is 5.87. The zero-order valence-corrected chi connectivity index (χ0v) is 19.5. The zero-order chi connectivity index (χ0) is 23.8. The van der Waals surface area contributed by atoms with Crippen LogP contribution in [0.3, 0.4) is 0 Å². The van der Waals surface area contributed by atoms with Gasteiger partial charge in [-0.3, -0.25) is 4.90 Å². The number of allylic oxidation sites excluding steroid dienone is 1. The molecule has 1 N–H and O–H groups in total. The first-order valence-electron chi connectivity index (χ1n) is 11.1. The van der Waals surface area contributed by atoms with Crippen LogP contribution in [0.4, 0.5) is 4.79 Å². The number of carbonyl (C=O) groups is 1. The van der Waals surface area contributed by atoms with Crippen LogP contribution in [0, 0.1) is 5.92 Å². The Morgan fingerprint density at radius 2 is 2.00 bits per heavy atom. The van der Waals surface area contributed by atoms with Crippen LogP contribution in [-0.2, 0) is 0 Å². The third-order valence-corrected chi connectivity index (χ3v) is 5.86. The summed E-state index contributed by atoms with van der Waals surface area (Å²) in [6.07, 6.45) is 0. The maximum Gasteiger partial charge on any atom is 0.322 e. The lowest BCUT2D eigenvalue weighted by molar-refractivity contribution is 0.174. The standard InChI is InChI=1S/C25H26N4O5/c1-14(2)12-29-15(3)21(22(26-25(29)30)16-6-5-7-18(10-16)31-4)24-27-23(28-34-24)17-8-9-19-20(11-17)33-13-32-19/h5-11,14,22H,12-13H2,1-4H3,(H,26,30). The molecule has 0 saturated carbocycles. The molecule has 0 aliphatic carbocycles. The molecule has 34 heavy (non-hydrogen) atoms. The van der Waals surface area contributed by atoms with Gasteiger partial charge in [-0.05, 0) is 48.7 Å². The van der Waals surface area contributed by atoms with Gasteiger partial charge in [0.25, 0.3) is 5.89 Å². The van der Waals surface area contributed by atoms with Crippen molar-refractivity contribution < 1.29 is 23.5 Å². The van der Waals surface area contributed by atoms with E-state index in [1.54, 1.807) is 12.0 Å². The van der Waals surface area contributed by atoms with Crippen molar-refractivity contribution in [2.24, 2.45) is 5.92 Å². The average molecular weight is 463 g/mol. The molecule has 0 bridgehead atoms. The lowest BCUT2D eigenvalue weighted by Crippen LogP contribution is -2.47. The largest absolute Gasteiger partial charge is 0.497 e. The second kappa shape index (κ2) is 8.74. The number of fused-ring (bicyclic) bond motifs is 1. The fraction of sp³-hybridized carbons (Fsp3) is 0.320. The maximum atomic E-state index is 13.0. The molecule has 1 unspecified atom stereocenters. The van der Waals surface area contributed by atoms with Gasteiger partial charge < -0.3 is 24.1 Å². The molecule has 176 valence electrons. The Morgan fingerprint density at radius 3 is 2.79 bits per heavy atom. The molecular formula is C25H26N4O5. The molecular weight excluding hydrogens is 436 g/mol. The van der Waals surface area contributed by atoms with E-state index in [2.05, 4.69) is 24.3 Å². The number of nitrogens with zero attached hydrogens (tertiary/aromatic N) is 3. The van der Waals surface area contributed by atoms with Crippen molar-refractivity contribution >= 4 is 11.6 Å². The zero-order valence-electron chi connectivity index (χ0n) is 19.5. The molecule has 0 spiro atoms. The third kappa shape index (κ3) is 3.93. The lowest BCUT2D eigenvalue weighted by atomic mass is 9.94. The molecule has 2 aromatic carbocycles. The molecule has 9 nitrogen and oxygen atoms in total. The van der Waals surface area contributed by atoms with Crippen LogP contribution in [0.25, 0.3) is 17.0 Å². The van der Waals surface area contributed by atoms with Gasteiger partial charge >= 0.3 is 6.03 Å². The van der Waals surface area contributed by atoms with Crippen molar-refractivity contribution in [3.05, 3.63) is 59.6 Å². The van der Waals surface area contributed by atoms with Crippen molar-refractivity contribution in [1.29, 1.82) is 0 Å². The van der Waals surface area contributed by atoms with Crippen LogP contribution in [0.5, 0.6) is 17.2 Å². The highest BCUT2D eigenvalue weighted by Gasteiger charge is 2.36. The van der Waals surface area contributed by atoms with Crippen LogP contribution in [0.1, 0.15) is 38.3 Å². The van der Waals surface area contributed by atoms with Gasteiger partial charge in [-0.25, -0.2) is 4.79 Å². The summed E-state index contributed by atoms with van der Waals surface area (Å²) in [5.41, 5.74) is 3.11. The second-order valence-electron chi connectivity index (χ2n) is 8.65. The van der Waals surface area contributed by atoms with Crippen LogP contribution in [0.15, 0.2) is 52.7 Å². The minimum Gasteiger partial charge on any atom is -0.497 e. The van der Waals surface area contributed by atoms with Crippen molar-refractivity contribution in [3.63, 3.8) is 0 Å². The Bertz CT molecular complexity index is 1270. The number of methoxy groups -OCH3 is 1. The molecule has 3 heterocycles. The van der Waals surface area contributed by atoms with E-state index in [-0.39, 0.29) is 18.7 Å². The monoisotopic (exact) mass is 462 g/mol. The molecule has 1 aromatic heterocycles. The first kappa shape index (κ1) is 21.8. The summed E-state index contributed by atoms with van der Waals surface area (Å²) in [5.74, 6) is 3.06. The van der Waals surface area contributed by atoms with E-state index in [0.29, 0.717) is 35.5 Å². The maximum absolute atomic E-state index is 13.0. The molecule has 2 aliphatic rings. The number of carbonyl (C=O) groups excluding carboxylic acids is 1. The first-order chi connectivity index (χ1) is 16.4. The number of hydrogen-bond acceptors (Lipinski definition) is 7. The summed E-state index contributed by atoms with van der Waals surface area (Å²) in [6, 6.07) is 12.4. The van der Waals surface area contributed by atoms with Crippen molar-refractivity contribution in [2.45, 2.75) is 26.8 Å². The number of nitrogens with one attached hydrogen (secondary N) is 1. The third-order valence-electron chi connectivity index (χ3n) is 5.86. The van der Waals surface area contributed by atoms with Gasteiger partial charge in [0.2, 0.25) is 12.6 Å². The van der Waals surface area contributed by atoms with E-state index in [1.807, 2.05) is 49.4 Å². The predicted molar refractivity (Wildman–Crippen MR) is 124 cm³/mol. The van der Waals surface area contributed by atoms with E-state index in [0.717, 1.165) is 22.4 Å². The summed E-state index contributed by atoms with van der Waals surface area (Å²) in [7, 11) is 1.61. The molecule has 0 fully saturated rings. The first-order valence-corrected chi connectivity index (χ1v) is 11.1. The summed E-state index contributed by atoms with van der Waals surface area (Å²) < 4.78 is 22.0. The van der Waals surface area contributed by atoms with Crippen LogP contribution in [0.2, 0.25) is 0 Å². The molecule has 2 amide bonds. The lowest BCUT2D eigenvalue weighted by Gasteiger charge is -2.36. The van der Waals surface area contributed by atoms with E-state index in [9.17, 15) is 4.79 Å². The fourth-order valence-electron chi connectivity index (χ4n) is 4.20. The van der Waals surface area contributed by atoms with E-state index >= 15 is 0 Å². The number of ether oxygens (including phenoxy) is 3. The SMILES string of the molecule is COc1cccc(C2NC(=O)N(CC(C)C)C(C)=C2c2nc(-c3ccc4c(c3)OCO4)no2)c1. The van der Waals surface area contributed by atoms with Gasteiger partial charge in [-0.15, -0.1) is 0 Å². The molecule has 3 aromatic rings. The fourth-order valence-corrected chi connectivity index (χ4v) is 4.20. The van der Waals surface area contributed by atoms with E-state index < -0.39 is 6.04 Å². The Kier molecular flexibility index (Phi) is 5.61. The quantitative estimate of drug-likeness (QED) is 0.570. The Morgan fingerprint density at radius 1 is 1.18 bits per heavy atom. The highest BCUT2D eigenvalue weighted by Crippen LogP contribution is 2.39. The number of rotatable bonds is 6. The number of amides is 2. The highest BCUT2D eigenvalue weighted by atomic mass is 16.7. The van der Waals surface area contributed by atoms with Gasteiger partial charge in [0, 0.05) is 17.8 Å². The van der Waals surface area contributed by atoms with Gasteiger partial charge in [-0.2, -0.15) is 4.98 Å². The molecule has 2 aliphatic heterocycles. The topological polar surface area (TPSA) is 99.0 Å². The van der Waals surface area contributed by atoms with Crippen LogP contribution < -0.4 is 19.5 Å². The van der Waals surface area contributed by atoms with Crippen molar-refractivity contribution in [2.75, 3.05) is 20.4 Å². The van der Waals surface area contributed by atoms with E-state index in [4.69, 9.17) is 23.7 Å². The Hall–Kier alpha value is -4.01. The van der Waals surface area contributed by atoms with Gasteiger partial charge in [-0.1, -0.05) is 31.1 Å². The van der Waals surface area contributed by atoms with Crippen LogP contribution >= 0.6 is 0 Å². The van der Waals surface area contributed by atoms with Gasteiger partial charge in [0.05, 0.1) is 18.7 Å². The average Bonchev–Trinajstić information content (AvgIpc) is 3.50. The van der Waals surface area contributed by atoms with Gasteiger partial charge in [0.1, 0.15) is 5.75 Å². The summed E-state index contributed by atoms with van der Waals surface area (Å²) in [5, 5.41) is 7.33. The van der Waals surface area contributed by atoms with E-state index in [1.165, 1.54) is 0 Å². The normalized spacial score (nSPS) is 17.4. The number of urea groups is 1. The number of hydrogen-bond donors (Lipinski definition) is 1. The van der Waals surface area contributed by atoms with Gasteiger partial charge in [0.15, 0.2) is 11.5 Å². The molecule has 9 heteroatoms. The molecule has 1 atom stereocenters. The predicted octanol–water partition coefficient (Wildman–Crippen LogP) is 4.63. The smallest absolute Gasteiger partial charge is 0.322 e. The van der Waals surface area contributed by atoms with Crippen molar-refractivity contribution in [1.82, 2.24) is 20.4 Å². The Balaban J connectivity index is 1.58. The minimum absolute atomic E-state index is 0.168.